The van der Waals surface area contributed by atoms with Gasteiger partial charge in [-0.2, -0.15) is 13.2 Å². The lowest BCUT2D eigenvalue weighted by Gasteiger charge is -2.14. The van der Waals surface area contributed by atoms with Crippen LogP contribution in [0.4, 0.5) is 13.2 Å². The van der Waals surface area contributed by atoms with Crippen molar-refractivity contribution in [1.29, 1.82) is 0 Å². The third-order valence-electron chi connectivity index (χ3n) is 3.93. The Hall–Kier alpha value is -2.74. The van der Waals surface area contributed by atoms with E-state index in [-0.39, 0.29) is 6.54 Å². The number of benzene rings is 2. The molecule has 0 saturated heterocycles. The maximum Gasteiger partial charge on any atom is 0.416 e. The summed E-state index contributed by atoms with van der Waals surface area (Å²) in [5.74, 6) is 1.26. The highest BCUT2D eigenvalue weighted by Crippen LogP contribution is 2.29. The molecule has 2 rings (SSSR count). The van der Waals surface area contributed by atoms with E-state index >= 15 is 0 Å². The average Bonchev–Trinajstić information content (AvgIpc) is 2.70. The number of nitrogens with zero attached hydrogens (tertiary/aromatic N) is 1. The summed E-state index contributed by atoms with van der Waals surface area (Å²) in [4.78, 5) is 4.05. The summed E-state index contributed by atoms with van der Waals surface area (Å²) >= 11 is 0. The molecule has 28 heavy (non-hydrogen) atoms. The highest BCUT2D eigenvalue weighted by atomic mass is 19.4. The Morgan fingerprint density at radius 3 is 2.57 bits per heavy atom. The van der Waals surface area contributed by atoms with Gasteiger partial charge in [0.15, 0.2) is 5.96 Å². The van der Waals surface area contributed by atoms with Gasteiger partial charge in [0.25, 0.3) is 0 Å². The van der Waals surface area contributed by atoms with Crippen LogP contribution in [-0.2, 0) is 24.1 Å². The molecule has 2 N–H and O–H groups in total. The van der Waals surface area contributed by atoms with Gasteiger partial charge in [0, 0.05) is 25.7 Å². The van der Waals surface area contributed by atoms with Crippen LogP contribution in [0.25, 0.3) is 0 Å². The predicted molar refractivity (Wildman–Crippen MR) is 102 cm³/mol. The van der Waals surface area contributed by atoms with Gasteiger partial charge in [-0.1, -0.05) is 30.3 Å². The second-order valence-electron chi connectivity index (χ2n) is 5.92. The SMILES string of the molecule is CN=C(NCCOCc1ccccc1OC)NCc1cccc(C(F)(F)F)c1. The summed E-state index contributed by atoms with van der Waals surface area (Å²) in [5, 5.41) is 6.05. The highest BCUT2D eigenvalue weighted by Gasteiger charge is 2.30. The molecule has 0 bridgehead atoms. The molecule has 0 saturated carbocycles. The van der Waals surface area contributed by atoms with Crippen molar-refractivity contribution in [2.45, 2.75) is 19.3 Å². The van der Waals surface area contributed by atoms with Crippen molar-refractivity contribution >= 4 is 5.96 Å². The molecule has 0 aromatic heterocycles. The second-order valence-corrected chi connectivity index (χ2v) is 5.92. The maximum absolute atomic E-state index is 12.8. The van der Waals surface area contributed by atoms with Gasteiger partial charge < -0.3 is 20.1 Å². The summed E-state index contributed by atoms with van der Waals surface area (Å²) in [7, 11) is 3.21. The third-order valence-corrected chi connectivity index (χ3v) is 3.93. The lowest BCUT2D eigenvalue weighted by atomic mass is 10.1. The highest BCUT2D eigenvalue weighted by molar-refractivity contribution is 5.79. The molecule has 0 amide bonds. The van der Waals surface area contributed by atoms with Crippen LogP contribution < -0.4 is 15.4 Å². The van der Waals surface area contributed by atoms with E-state index in [2.05, 4.69) is 15.6 Å². The lowest BCUT2D eigenvalue weighted by molar-refractivity contribution is -0.137. The smallest absolute Gasteiger partial charge is 0.416 e. The van der Waals surface area contributed by atoms with Crippen molar-refractivity contribution in [3.05, 3.63) is 65.2 Å². The molecule has 0 radical (unpaired) electrons. The first-order valence-corrected chi connectivity index (χ1v) is 8.74. The fraction of sp³-hybridized carbons (Fsp3) is 0.350. The van der Waals surface area contributed by atoms with Crippen LogP contribution in [0.2, 0.25) is 0 Å². The zero-order valence-corrected chi connectivity index (χ0v) is 15.8. The van der Waals surface area contributed by atoms with E-state index < -0.39 is 11.7 Å². The Balaban J connectivity index is 1.73. The van der Waals surface area contributed by atoms with Crippen molar-refractivity contribution in [2.24, 2.45) is 4.99 Å². The number of halogens is 3. The van der Waals surface area contributed by atoms with E-state index in [9.17, 15) is 13.2 Å². The first-order valence-electron chi connectivity index (χ1n) is 8.74. The van der Waals surface area contributed by atoms with E-state index in [1.165, 1.54) is 6.07 Å². The Morgan fingerprint density at radius 1 is 1.07 bits per heavy atom. The molecule has 5 nitrogen and oxygen atoms in total. The number of guanidine groups is 1. The van der Waals surface area contributed by atoms with Crippen LogP contribution in [0.1, 0.15) is 16.7 Å². The van der Waals surface area contributed by atoms with Crippen molar-refractivity contribution in [3.63, 3.8) is 0 Å². The number of para-hydroxylation sites is 1. The first-order chi connectivity index (χ1) is 13.4. The van der Waals surface area contributed by atoms with E-state index in [0.29, 0.717) is 31.3 Å². The normalized spacial score (nSPS) is 12.0. The quantitative estimate of drug-likeness (QED) is 0.407. The summed E-state index contributed by atoms with van der Waals surface area (Å²) in [5.41, 5.74) is 0.807. The maximum atomic E-state index is 12.8. The van der Waals surface area contributed by atoms with Gasteiger partial charge >= 0.3 is 6.18 Å². The minimum atomic E-state index is -4.35. The van der Waals surface area contributed by atoms with Crippen LogP contribution in [0, 0.1) is 0 Å². The first kappa shape index (κ1) is 21.6. The molecule has 0 aliphatic heterocycles. The number of rotatable bonds is 8. The van der Waals surface area contributed by atoms with Crippen LogP contribution in [0.15, 0.2) is 53.5 Å². The molecule has 0 spiro atoms. The molecular weight excluding hydrogens is 371 g/mol. The van der Waals surface area contributed by atoms with Crippen molar-refractivity contribution in [1.82, 2.24) is 10.6 Å². The van der Waals surface area contributed by atoms with Crippen LogP contribution in [0.5, 0.6) is 5.75 Å². The number of methoxy groups -OCH3 is 1. The minimum Gasteiger partial charge on any atom is -0.496 e. The topological polar surface area (TPSA) is 54.9 Å². The number of alkyl halides is 3. The van der Waals surface area contributed by atoms with E-state index in [1.807, 2.05) is 24.3 Å². The van der Waals surface area contributed by atoms with Gasteiger partial charge in [0.2, 0.25) is 0 Å². The van der Waals surface area contributed by atoms with E-state index in [1.54, 1.807) is 20.2 Å². The number of hydrogen-bond acceptors (Lipinski definition) is 3. The molecule has 0 unspecified atom stereocenters. The van der Waals surface area contributed by atoms with Gasteiger partial charge in [-0.15, -0.1) is 0 Å². The number of aliphatic imine (C=N–C) groups is 1. The van der Waals surface area contributed by atoms with E-state index in [0.717, 1.165) is 23.4 Å². The Bertz CT molecular complexity index is 779. The Kier molecular flexibility index (Phi) is 8.13. The van der Waals surface area contributed by atoms with Gasteiger partial charge in [-0.25, -0.2) is 0 Å². The molecule has 0 aliphatic rings. The Labute approximate surface area is 162 Å². The average molecular weight is 395 g/mol. The predicted octanol–water partition coefficient (Wildman–Crippen LogP) is 3.60. The molecule has 0 heterocycles. The van der Waals surface area contributed by atoms with Crippen LogP contribution in [-0.4, -0.2) is 33.3 Å². The molecule has 8 heteroatoms. The number of nitrogens with one attached hydrogen (secondary N) is 2. The second kappa shape index (κ2) is 10.6. The zero-order valence-electron chi connectivity index (χ0n) is 15.8. The fourth-order valence-corrected chi connectivity index (χ4v) is 2.51. The fourth-order valence-electron chi connectivity index (χ4n) is 2.51. The van der Waals surface area contributed by atoms with Crippen molar-refractivity contribution in [2.75, 3.05) is 27.3 Å². The summed E-state index contributed by atoms with van der Waals surface area (Å²) in [6.45, 7) is 1.58. The standard InChI is InChI=1S/C20H24F3N3O2/c1-24-19(26-13-15-6-5-8-17(12-15)20(21,22)23)25-10-11-28-14-16-7-3-4-9-18(16)27-2/h3-9,12H,10-11,13-14H2,1-2H3,(H2,24,25,26). The van der Waals surface area contributed by atoms with Gasteiger partial charge in [-0.05, 0) is 23.8 Å². The minimum absolute atomic E-state index is 0.228. The molecule has 152 valence electrons. The summed E-state index contributed by atoms with van der Waals surface area (Å²) < 4.78 is 49.2. The van der Waals surface area contributed by atoms with Crippen molar-refractivity contribution < 1.29 is 22.6 Å². The monoisotopic (exact) mass is 395 g/mol. The Morgan fingerprint density at radius 2 is 1.86 bits per heavy atom. The molecular formula is C20H24F3N3O2. The van der Waals surface area contributed by atoms with Gasteiger partial charge in [0.05, 0.1) is 25.9 Å². The third kappa shape index (κ3) is 6.77. The van der Waals surface area contributed by atoms with Crippen LogP contribution in [0.3, 0.4) is 0 Å². The van der Waals surface area contributed by atoms with Crippen molar-refractivity contribution in [3.8, 4) is 5.75 Å². The van der Waals surface area contributed by atoms with Crippen LogP contribution >= 0.6 is 0 Å². The molecule has 0 aliphatic carbocycles. The van der Waals surface area contributed by atoms with Gasteiger partial charge in [0.1, 0.15) is 5.75 Å². The largest absolute Gasteiger partial charge is 0.496 e. The summed E-state index contributed by atoms with van der Waals surface area (Å²) in [6, 6.07) is 12.8. The lowest BCUT2D eigenvalue weighted by Crippen LogP contribution is -2.38. The molecule has 0 fully saturated rings. The number of hydrogen-bond donors (Lipinski definition) is 2. The molecule has 0 atom stereocenters. The van der Waals surface area contributed by atoms with E-state index in [4.69, 9.17) is 9.47 Å². The van der Waals surface area contributed by atoms with Gasteiger partial charge in [-0.3, -0.25) is 4.99 Å². The zero-order chi connectivity index (χ0) is 20.4. The molecule has 2 aromatic rings. The summed E-state index contributed by atoms with van der Waals surface area (Å²) in [6.07, 6.45) is -4.35. The molecule has 2 aromatic carbocycles. The number of ether oxygens (including phenoxy) is 2.